The van der Waals surface area contributed by atoms with E-state index in [-0.39, 0.29) is 11.1 Å². The minimum Gasteiger partial charge on any atom is -0.390 e. The van der Waals surface area contributed by atoms with E-state index < -0.39 is 5.60 Å². The molecule has 1 saturated heterocycles. The summed E-state index contributed by atoms with van der Waals surface area (Å²) in [5.41, 5.74) is -0.256. The first-order valence-corrected chi connectivity index (χ1v) is 6.10. The predicted octanol–water partition coefficient (Wildman–Crippen LogP) is 2.70. The summed E-state index contributed by atoms with van der Waals surface area (Å²) < 4.78 is 0. The monoisotopic (exact) mass is 213 g/mol. The minimum absolute atomic E-state index is 0.131. The van der Waals surface area contributed by atoms with Gasteiger partial charge in [-0.05, 0) is 59.8 Å². The van der Waals surface area contributed by atoms with E-state index >= 15 is 0 Å². The van der Waals surface area contributed by atoms with Gasteiger partial charge in [-0.25, -0.2) is 0 Å². The second-order valence-electron chi connectivity index (χ2n) is 6.71. The second-order valence-corrected chi connectivity index (χ2v) is 6.71. The third-order valence-corrected chi connectivity index (χ3v) is 3.79. The molecule has 90 valence electrons. The van der Waals surface area contributed by atoms with Crippen molar-refractivity contribution < 1.29 is 5.11 Å². The maximum absolute atomic E-state index is 10.4. The van der Waals surface area contributed by atoms with Gasteiger partial charge in [-0.1, -0.05) is 6.92 Å². The molecule has 0 radical (unpaired) electrons. The van der Waals surface area contributed by atoms with E-state index in [2.05, 4.69) is 39.9 Å². The molecule has 2 heteroatoms. The van der Waals surface area contributed by atoms with Crippen LogP contribution in [0.25, 0.3) is 0 Å². The van der Waals surface area contributed by atoms with Crippen molar-refractivity contribution in [2.45, 2.75) is 77.5 Å². The molecule has 0 aliphatic carbocycles. The lowest BCUT2D eigenvalue weighted by atomic mass is 9.69. The lowest BCUT2D eigenvalue weighted by Gasteiger charge is -2.50. The van der Waals surface area contributed by atoms with Gasteiger partial charge in [0.25, 0.3) is 0 Å². The highest BCUT2D eigenvalue weighted by atomic mass is 16.3. The van der Waals surface area contributed by atoms with Gasteiger partial charge in [-0.15, -0.1) is 0 Å². The molecule has 0 spiro atoms. The molecule has 1 atom stereocenters. The third-order valence-electron chi connectivity index (χ3n) is 3.79. The molecule has 0 aromatic heterocycles. The Morgan fingerprint density at radius 1 is 1.20 bits per heavy atom. The standard InChI is InChI=1S/C13H27NO/c1-7-13(6,15)10-8-11(2,3)14-12(4,5)9-10/h10,14-15H,7-9H2,1-6H3. The van der Waals surface area contributed by atoms with Crippen molar-refractivity contribution in [1.82, 2.24) is 5.32 Å². The van der Waals surface area contributed by atoms with Crippen LogP contribution < -0.4 is 5.32 Å². The van der Waals surface area contributed by atoms with Gasteiger partial charge < -0.3 is 10.4 Å². The van der Waals surface area contributed by atoms with E-state index in [1.807, 2.05) is 6.92 Å². The third kappa shape index (κ3) is 3.18. The SMILES string of the molecule is CCC(C)(O)C1CC(C)(C)NC(C)(C)C1. The number of nitrogens with one attached hydrogen (secondary N) is 1. The Hall–Kier alpha value is -0.0800. The van der Waals surface area contributed by atoms with Crippen LogP contribution in [0, 0.1) is 5.92 Å². The zero-order chi connectivity index (χ0) is 11.9. The zero-order valence-corrected chi connectivity index (χ0v) is 11.1. The first-order chi connectivity index (χ1) is 6.58. The highest BCUT2D eigenvalue weighted by Gasteiger charge is 2.43. The van der Waals surface area contributed by atoms with Gasteiger partial charge in [-0.3, -0.25) is 0 Å². The number of rotatable bonds is 2. The molecule has 2 nitrogen and oxygen atoms in total. The van der Waals surface area contributed by atoms with E-state index in [4.69, 9.17) is 0 Å². The van der Waals surface area contributed by atoms with Crippen LogP contribution in [0.3, 0.4) is 0 Å². The summed E-state index contributed by atoms with van der Waals surface area (Å²) >= 11 is 0. The Balaban J connectivity index is 2.84. The molecule has 0 aromatic carbocycles. The van der Waals surface area contributed by atoms with Crippen molar-refractivity contribution in [2.75, 3.05) is 0 Å². The van der Waals surface area contributed by atoms with Gasteiger partial charge in [0.1, 0.15) is 0 Å². The van der Waals surface area contributed by atoms with Crippen molar-refractivity contribution in [1.29, 1.82) is 0 Å². The van der Waals surface area contributed by atoms with E-state index in [0.717, 1.165) is 19.3 Å². The quantitative estimate of drug-likeness (QED) is 0.739. The molecule has 2 N–H and O–H groups in total. The molecular formula is C13H27NO. The normalized spacial score (nSPS) is 29.8. The Bertz CT molecular complexity index is 215. The van der Waals surface area contributed by atoms with Crippen LogP contribution in [0.5, 0.6) is 0 Å². The van der Waals surface area contributed by atoms with Crippen molar-refractivity contribution in [3.8, 4) is 0 Å². The molecule has 1 aliphatic rings. The molecule has 0 bridgehead atoms. The fourth-order valence-corrected chi connectivity index (χ4v) is 3.05. The summed E-state index contributed by atoms with van der Waals surface area (Å²) in [4.78, 5) is 0. The summed E-state index contributed by atoms with van der Waals surface area (Å²) in [6.07, 6.45) is 2.94. The molecule has 1 fully saturated rings. The van der Waals surface area contributed by atoms with Crippen LogP contribution in [-0.2, 0) is 0 Å². The fraction of sp³-hybridized carbons (Fsp3) is 1.00. The van der Waals surface area contributed by atoms with Gasteiger partial charge in [0.05, 0.1) is 5.60 Å². The number of aliphatic hydroxyl groups is 1. The van der Waals surface area contributed by atoms with Gasteiger partial charge >= 0.3 is 0 Å². The average molecular weight is 213 g/mol. The van der Waals surface area contributed by atoms with Crippen LogP contribution in [0.2, 0.25) is 0 Å². The van der Waals surface area contributed by atoms with E-state index in [1.165, 1.54) is 0 Å². The van der Waals surface area contributed by atoms with Crippen molar-refractivity contribution in [3.05, 3.63) is 0 Å². The van der Waals surface area contributed by atoms with E-state index in [9.17, 15) is 5.11 Å². The molecule has 0 amide bonds. The Kier molecular flexibility index (Phi) is 3.24. The lowest BCUT2D eigenvalue weighted by molar-refractivity contribution is -0.0507. The Morgan fingerprint density at radius 3 is 1.93 bits per heavy atom. The first-order valence-electron chi connectivity index (χ1n) is 6.10. The Morgan fingerprint density at radius 2 is 1.60 bits per heavy atom. The van der Waals surface area contributed by atoms with Crippen molar-refractivity contribution in [3.63, 3.8) is 0 Å². The maximum Gasteiger partial charge on any atom is 0.0646 e. The minimum atomic E-state index is -0.517. The van der Waals surface area contributed by atoms with E-state index in [1.54, 1.807) is 0 Å². The van der Waals surface area contributed by atoms with Gasteiger partial charge in [0.15, 0.2) is 0 Å². The molecule has 15 heavy (non-hydrogen) atoms. The largest absolute Gasteiger partial charge is 0.390 e. The summed E-state index contributed by atoms with van der Waals surface area (Å²) in [5, 5.41) is 14.0. The molecule has 1 aliphatic heterocycles. The van der Waals surface area contributed by atoms with Gasteiger partial charge in [0, 0.05) is 11.1 Å². The molecule has 0 aromatic rings. The van der Waals surface area contributed by atoms with E-state index in [0.29, 0.717) is 5.92 Å². The van der Waals surface area contributed by atoms with Crippen LogP contribution in [0.1, 0.15) is 60.8 Å². The van der Waals surface area contributed by atoms with Crippen molar-refractivity contribution >= 4 is 0 Å². The average Bonchev–Trinajstić information content (AvgIpc) is 1.98. The van der Waals surface area contributed by atoms with Crippen LogP contribution in [0.4, 0.5) is 0 Å². The van der Waals surface area contributed by atoms with Gasteiger partial charge in [0.2, 0.25) is 0 Å². The highest BCUT2D eigenvalue weighted by molar-refractivity contribution is 5.01. The summed E-state index contributed by atoms with van der Waals surface area (Å²) in [7, 11) is 0. The molecule has 1 heterocycles. The van der Waals surface area contributed by atoms with Crippen molar-refractivity contribution in [2.24, 2.45) is 5.92 Å². The number of hydrogen-bond donors (Lipinski definition) is 2. The number of hydrogen-bond acceptors (Lipinski definition) is 2. The smallest absolute Gasteiger partial charge is 0.0646 e. The molecule has 1 rings (SSSR count). The topological polar surface area (TPSA) is 32.3 Å². The fourth-order valence-electron chi connectivity index (χ4n) is 3.05. The summed E-state index contributed by atoms with van der Waals surface area (Å²) in [6, 6.07) is 0. The highest BCUT2D eigenvalue weighted by Crippen LogP contribution is 2.39. The zero-order valence-electron chi connectivity index (χ0n) is 11.1. The predicted molar refractivity (Wildman–Crippen MR) is 64.9 cm³/mol. The number of piperidine rings is 1. The van der Waals surface area contributed by atoms with Crippen LogP contribution >= 0.6 is 0 Å². The summed E-state index contributed by atoms with van der Waals surface area (Å²) in [5.74, 6) is 0.397. The lowest BCUT2D eigenvalue weighted by Crippen LogP contribution is -2.60. The van der Waals surface area contributed by atoms with Gasteiger partial charge in [-0.2, -0.15) is 0 Å². The molecular weight excluding hydrogens is 186 g/mol. The van der Waals surface area contributed by atoms with Crippen LogP contribution in [-0.4, -0.2) is 21.8 Å². The Labute approximate surface area is 94.5 Å². The molecule has 0 saturated carbocycles. The van der Waals surface area contributed by atoms with Crippen LogP contribution in [0.15, 0.2) is 0 Å². The molecule has 1 unspecified atom stereocenters. The summed E-state index contributed by atoms with van der Waals surface area (Å²) in [6.45, 7) is 13.0. The second kappa shape index (κ2) is 3.74. The first kappa shape index (κ1) is 13.0. The maximum atomic E-state index is 10.4.